The minimum atomic E-state index is 0. The van der Waals surface area contributed by atoms with E-state index in [0.29, 0.717) is 6.42 Å². The van der Waals surface area contributed by atoms with Crippen LogP contribution in [0.5, 0.6) is 0 Å². The van der Waals surface area contributed by atoms with Gasteiger partial charge >= 0.3 is 16.8 Å². The van der Waals surface area contributed by atoms with E-state index in [-0.39, 0.29) is 22.7 Å². The second-order valence-corrected chi connectivity index (χ2v) is 7.60. The van der Waals surface area contributed by atoms with Gasteiger partial charge in [-0.25, -0.2) is 4.98 Å². The number of nitrogens with zero attached hydrogens (tertiary/aromatic N) is 1. The molecule has 1 aromatic heterocycles. The Labute approximate surface area is 164 Å². The zero-order chi connectivity index (χ0) is 16.8. The zero-order valence-corrected chi connectivity index (χ0v) is 16.6. The number of aryl methyl sites for hydroxylation is 2. The van der Waals surface area contributed by atoms with Crippen molar-refractivity contribution in [2.75, 3.05) is 5.32 Å². The monoisotopic (exact) mass is 401 g/mol. The topological polar surface area (TPSA) is 42.0 Å². The molecule has 1 amide bonds. The average molecular weight is 401 g/mol. The van der Waals surface area contributed by atoms with Crippen LogP contribution in [0.2, 0.25) is 0 Å². The average Bonchev–Trinajstić information content (AvgIpc) is 3.01. The molecule has 1 aliphatic rings. The van der Waals surface area contributed by atoms with Crippen molar-refractivity contribution < 1.29 is 21.6 Å². The molecule has 1 aliphatic carbocycles. The molecule has 1 aromatic carbocycles. The molecular weight excluding hydrogens is 375 g/mol. The van der Waals surface area contributed by atoms with E-state index in [0.717, 1.165) is 36.5 Å². The SMILES string of the molecule is CCCCCCCCC(=O)Nc1nc2c(s1)CCc1ccccc1-2.[Co+2]. The summed E-state index contributed by atoms with van der Waals surface area (Å²) in [4.78, 5) is 18.1. The Morgan fingerprint density at radius 3 is 2.72 bits per heavy atom. The van der Waals surface area contributed by atoms with Gasteiger partial charge in [-0.3, -0.25) is 4.79 Å². The first-order valence-corrected chi connectivity index (χ1v) is 9.97. The van der Waals surface area contributed by atoms with E-state index in [4.69, 9.17) is 0 Å². The van der Waals surface area contributed by atoms with Crippen LogP contribution in [-0.2, 0) is 34.4 Å². The Morgan fingerprint density at radius 2 is 1.88 bits per heavy atom. The predicted octanol–water partition coefficient (Wildman–Crippen LogP) is 5.60. The number of nitrogens with one attached hydrogen (secondary N) is 1. The predicted molar refractivity (Wildman–Crippen MR) is 102 cm³/mol. The normalized spacial score (nSPS) is 12.0. The van der Waals surface area contributed by atoms with Crippen molar-refractivity contribution in [3.8, 4) is 11.3 Å². The first-order chi connectivity index (χ1) is 11.8. The number of hydrogen-bond donors (Lipinski definition) is 1. The fourth-order valence-electron chi connectivity index (χ4n) is 3.25. The largest absolute Gasteiger partial charge is 2.00 e. The van der Waals surface area contributed by atoms with Crippen molar-refractivity contribution >= 4 is 22.4 Å². The van der Waals surface area contributed by atoms with Gasteiger partial charge in [0, 0.05) is 16.9 Å². The van der Waals surface area contributed by atoms with Gasteiger partial charge in [0.2, 0.25) is 5.91 Å². The molecule has 0 saturated heterocycles. The van der Waals surface area contributed by atoms with Crippen molar-refractivity contribution in [2.45, 2.75) is 64.7 Å². The number of thiazole rings is 1. The fourth-order valence-corrected chi connectivity index (χ4v) is 4.24. The van der Waals surface area contributed by atoms with Crippen LogP contribution < -0.4 is 5.32 Å². The number of carbonyl (C=O) groups excluding carboxylic acids is 1. The third-order valence-electron chi connectivity index (χ3n) is 4.59. The first kappa shape index (κ1) is 20.1. The fraction of sp³-hybridized carbons (Fsp3) is 0.500. The van der Waals surface area contributed by atoms with Crippen molar-refractivity contribution in [3.05, 3.63) is 34.7 Å². The number of anilines is 1. The van der Waals surface area contributed by atoms with E-state index >= 15 is 0 Å². The molecule has 3 rings (SSSR count). The van der Waals surface area contributed by atoms with Gasteiger partial charge in [-0.1, -0.05) is 63.3 Å². The summed E-state index contributed by atoms with van der Waals surface area (Å²) in [5.41, 5.74) is 3.66. The summed E-state index contributed by atoms with van der Waals surface area (Å²) >= 11 is 1.63. The van der Waals surface area contributed by atoms with Gasteiger partial charge in [-0.05, 0) is 24.8 Å². The maximum atomic E-state index is 12.1. The number of hydrogen-bond acceptors (Lipinski definition) is 3. The van der Waals surface area contributed by atoms with E-state index in [1.165, 1.54) is 41.7 Å². The Balaban J connectivity index is 0.00000225. The number of benzene rings is 1. The summed E-state index contributed by atoms with van der Waals surface area (Å²) in [5.74, 6) is 0.102. The minimum absolute atomic E-state index is 0. The van der Waals surface area contributed by atoms with Crippen LogP contribution in [-0.4, -0.2) is 10.9 Å². The molecule has 1 N–H and O–H groups in total. The van der Waals surface area contributed by atoms with Crippen molar-refractivity contribution in [3.63, 3.8) is 0 Å². The molecule has 0 unspecified atom stereocenters. The first-order valence-electron chi connectivity index (χ1n) is 9.15. The van der Waals surface area contributed by atoms with Gasteiger partial charge in [-0.15, -0.1) is 11.3 Å². The summed E-state index contributed by atoms with van der Waals surface area (Å²) in [5, 5.41) is 3.76. The van der Waals surface area contributed by atoms with Crippen LogP contribution in [0.15, 0.2) is 24.3 Å². The number of amides is 1. The molecule has 3 nitrogen and oxygen atoms in total. The molecule has 0 atom stereocenters. The van der Waals surface area contributed by atoms with Crippen molar-refractivity contribution in [1.29, 1.82) is 0 Å². The Kier molecular flexibility index (Phi) is 8.13. The number of aromatic nitrogens is 1. The molecule has 0 spiro atoms. The number of unbranched alkanes of at least 4 members (excludes halogenated alkanes) is 5. The van der Waals surface area contributed by atoms with Crippen LogP contribution in [0.4, 0.5) is 5.13 Å². The molecule has 135 valence electrons. The summed E-state index contributed by atoms with van der Waals surface area (Å²) in [6, 6.07) is 8.45. The maximum absolute atomic E-state index is 12.1. The van der Waals surface area contributed by atoms with Crippen molar-refractivity contribution in [1.82, 2.24) is 4.98 Å². The van der Waals surface area contributed by atoms with E-state index < -0.39 is 0 Å². The van der Waals surface area contributed by atoms with E-state index in [1.807, 2.05) is 0 Å². The number of fused-ring (bicyclic) bond motifs is 3. The molecule has 1 radical (unpaired) electrons. The Morgan fingerprint density at radius 1 is 1.12 bits per heavy atom. The Hall–Kier alpha value is -1.17. The quantitative estimate of drug-likeness (QED) is 0.586. The number of carbonyl (C=O) groups is 1. The second-order valence-electron chi connectivity index (χ2n) is 6.51. The van der Waals surface area contributed by atoms with E-state index in [1.54, 1.807) is 11.3 Å². The maximum Gasteiger partial charge on any atom is 2.00 e. The number of rotatable bonds is 8. The van der Waals surface area contributed by atoms with Crippen LogP contribution in [0, 0.1) is 0 Å². The van der Waals surface area contributed by atoms with E-state index in [2.05, 4.69) is 41.5 Å². The minimum Gasteiger partial charge on any atom is -0.302 e. The molecule has 5 heteroatoms. The smallest absolute Gasteiger partial charge is 0.302 e. The Bertz CT molecular complexity index is 699. The van der Waals surface area contributed by atoms with Gasteiger partial charge in [-0.2, -0.15) is 0 Å². The second kappa shape index (κ2) is 10.1. The third kappa shape index (κ3) is 5.40. The van der Waals surface area contributed by atoms with Crippen molar-refractivity contribution in [2.24, 2.45) is 0 Å². The standard InChI is InChI=1S/C20H26N2OS.Co/c1-2-3-4-5-6-7-12-18(23)21-20-22-19-16-11-9-8-10-15(16)13-14-17(19)24-20;/h8-11H,2-7,12-14H2,1H3,(H,21,22,23);/q;+2. The molecule has 0 saturated carbocycles. The summed E-state index contributed by atoms with van der Waals surface area (Å²) in [7, 11) is 0. The van der Waals surface area contributed by atoms with Gasteiger partial charge < -0.3 is 5.32 Å². The zero-order valence-electron chi connectivity index (χ0n) is 14.8. The van der Waals surface area contributed by atoms with Gasteiger partial charge in [0.05, 0.1) is 5.69 Å². The molecule has 0 bridgehead atoms. The molecule has 2 aromatic rings. The van der Waals surface area contributed by atoms with E-state index in [9.17, 15) is 4.79 Å². The van der Waals surface area contributed by atoms with Crippen LogP contribution >= 0.6 is 11.3 Å². The van der Waals surface area contributed by atoms with Gasteiger partial charge in [0.1, 0.15) is 0 Å². The molecule has 0 fully saturated rings. The molecule has 0 aliphatic heterocycles. The van der Waals surface area contributed by atoms with Crippen LogP contribution in [0.3, 0.4) is 0 Å². The molecule has 1 heterocycles. The van der Waals surface area contributed by atoms with Gasteiger partial charge in [0.15, 0.2) is 5.13 Å². The third-order valence-corrected chi connectivity index (χ3v) is 5.63. The molecular formula is C20H26CoN2OS+2. The van der Waals surface area contributed by atoms with Crippen LogP contribution in [0.25, 0.3) is 11.3 Å². The summed E-state index contributed by atoms with van der Waals surface area (Å²) in [6.45, 7) is 2.22. The molecule has 25 heavy (non-hydrogen) atoms. The van der Waals surface area contributed by atoms with Crippen LogP contribution in [0.1, 0.15) is 62.3 Å². The summed E-state index contributed by atoms with van der Waals surface area (Å²) < 4.78 is 0. The summed E-state index contributed by atoms with van der Waals surface area (Å²) in [6.07, 6.45) is 9.91. The van der Waals surface area contributed by atoms with Gasteiger partial charge in [0.25, 0.3) is 0 Å².